The van der Waals surface area contributed by atoms with Crippen molar-refractivity contribution in [2.45, 2.75) is 32.8 Å². The van der Waals surface area contributed by atoms with Gasteiger partial charge in [0.15, 0.2) is 0 Å². The Morgan fingerprint density at radius 3 is 2.60 bits per heavy atom. The molecule has 0 bridgehead atoms. The van der Waals surface area contributed by atoms with Gasteiger partial charge in [-0.1, -0.05) is 13.3 Å². The summed E-state index contributed by atoms with van der Waals surface area (Å²) >= 11 is 0. The van der Waals surface area contributed by atoms with E-state index in [9.17, 15) is 4.79 Å². The molecule has 1 N–H and O–H groups in total. The van der Waals surface area contributed by atoms with E-state index < -0.39 is 0 Å². The molecule has 0 fully saturated rings. The van der Waals surface area contributed by atoms with Gasteiger partial charge in [0.05, 0.1) is 6.61 Å². The normalized spacial score (nSPS) is 12.7. The maximum Gasteiger partial charge on any atom is 0.302 e. The molecule has 0 spiro atoms. The average molecular weight is 146 g/mol. The molecule has 10 heavy (non-hydrogen) atoms. The highest BCUT2D eigenvalue weighted by Gasteiger charge is 2.07. The molecule has 0 aliphatic heterocycles. The SMILES string of the molecule is CCC[C@H](CO)OC(C)=O. The van der Waals surface area contributed by atoms with Gasteiger partial charge in [0, 0.05) is 6.92 Å². The number of carbonyl (C=O) groups excluding carboxylic acids is 1. The highest BCUT2D eigenvalue weighted by atomic mass is 16.5. The predicted molar refractivity (Wildman–Crippen MR) is 37.5 cm³/mol. The molecule has 0 saturated heterocycles. The molecule has 0 saturated carbocycles. The Bertz CT molecular complexity index is 101. The molecule has 0 aliphatic carbocycles. The van der Waals surface area contributed by atoms with Crippen LogP contribution in [0, 0.1) is 0 Å². The van der Waals surface area contributed by atoms with Crippen molar-refractivity contribution < 1.29 is 14.6 Å². The van der Waals surface area contributed by atoms with Gasteiger partial charge in [0.25, 0.3) is 0 Å². The van der Waals surface area contributed by atoms with Gasteiger partial charge in [-0.05, 0) is 6.42 Å². The van der Waals surface area contributed by atoms with E-state index in [4.69, 9.17) is 9.84 Å². The Morgan fingerprint density at radius 1 is 1.70 bits per heavy atom. The monoisotopic (exact) mass is 146 g/mol. The Balaban J connectivity index is 3.49. The lowest BCUT2D eigenvalue weighted by molar-refractivity contribution is -0.148. The van der Waals surface area contributed by atoms with Crippen molar-refractivity contribution in [1.29, 1.82) is 0 Å². The van der Waals surface area contributed by atoms with Crippen LogP contribution in [0.5, 0.6) is 0 Å². The summed E-state index contributed by atoms with van der Waals surface area (Å²) in [5, 5.41) is 8.63. The van der Waals surface area contributed by atoms with Gasteiger partial charge in [-0.3, -0.25) is 4.79 Å². The van der Waals surface area contributed by atoms with Crippen molar-refractivity contribution in [3.05, 3.63) is 0 Å². The van der Waals surface area contributed by atoms with E-state index in [1.807, 2.05) is 6.92 Å². The highest BCUT2D eigenvalue weighted by molar-refractivity contribution is 5.66. The first-order valence-electron chi connectivity index (χ1n) is 3.48. The van der Waals surface area contributed by atoms with Crippen LogP contribution in [0.4, 0.5) is 0 Å². The number of carbonyl (C=O) groups is 1. The first-order chi connectivity index (χ1) is 4.70. The minimum atomic E-state index is -0.326. The van der Waals surface area contributed by atoms with Crippen molar-refractivity contribution in [1.82, 2.24) is 0 Å². The van der Waals surface area contributed by atoms with Gasteiger partial charge in [-0.2, -0.15) is 0 Å². The molecular formula is C7H14O3. The summed E-state index contributed by atoms with van der Waals surface area (Å²) in [6, 6.07) is 0. The van der Waals surface area contributed by atoms with Crippen molar-refractivity contribution in [3.8, 4) is 0 Å². The molecular weight excluding hydrogens is 132 g/mol. The molecule has 3 heteroatoms. The lowest BCUT2D eigenvalue weighted by Crippen LogP contribution is -2.19. The number of aliphatic hydroxyl groups is 1. The zero-order chi connectivity index (χ0) is 7.98. The molecule has 0 unspecified atom stereocenters. The number of hydrogen-bond donors (Lipinski definition) is 1. The standard InChI is InChI=1S/C7H14O3/c1-3-4-7(5-8)10-6(2)9/h7-8H,3-5H2,1-2H3/t7-/m1/s1. The van der Waals surface area contributed by atoms with Crippen LogP contribution < -0.4 is 0 Å². The second-order valence-electron chi connectivity index (χ2n) is 2.20. The Kier molecular flexibility index (Phi) is 4.94. The molecule has 60 valence electrons. The van der Waals surface area contributed by atoms with Crippen LogP contribution in [0.1, 0.15) is 26.7 Å². The number of esters is 1. The summed E-state index contributed by atoms with van der Waals surface area (Å²) in [4.78, 5) is 10.4. The fourth-order valence-electron chi connectivity index (χ4n) is 0.744. The fraction of sp³-hybridized carbons (Fsp3) is 0.857. The number of hydrogen-bond acceptors (Lipinski definition) is 3. The molecule has 1 atom stereocenters. The van der Waals surface area contributed by atoms with E-state index in [0.717, 1.165) is 12.8 Å². The van der Waals surface area contributed by atoms with Gasteiger partial charge in [-0.15, -0.1) is 0 Å². The first-order valence-corrected chi connectivity index (χ1v) is 3.48. The van der Waals surface area contributed by atoms with E-state index >= 15 is 0 Å². The summed E-state index contributed by atoms with van der Waals surface area (Å²) in [5.74, 6) is -0.326. The Labute approximate surface area is 61.0 Å². The number of aliphatic hydroxyl groups excluding tert-OH is 1. The zero-order valence-electron chi connectivity index (χ0n) is 6.46. The Hall–Kier alpha value is -0.570. The third-order valence-corrected chi connectivity index (χ3v) is 1.15. The van der Waals surface area contributed by atoms with Crippen molar-refractivity contribution in [2.75, 3.05) is 6.61 Å². The van der Waals surface area contributed by atoms with Gasteiger partial charge >= 0.3 is 5.97 Å². The van der Waals surface area contributed by atoms with Crippen molar-refractivity contribution >= 4 is 5.97 Å². The summed E-state index contributed by atoms with van der Waals surface area (Å²) in [6.07, 6.45) is 1.34. The van der Waals surface area contributed by atoms with E-state index in [1.165, 1.54) is 6.92 Å². The van der Waals surface area contributed by atoms with Crippen LogP contribution in [0.3, 0.4) is 0 Å². The summed E-state index contributed by atoms with van der Waals surface area (Å²) in [7, 11) is 0. The molecule has 0 aliphatic rings. The first kappa shape index (κ1) is 9.43. The van der Waals surface area contributed by atoms with E-state index in [-0.39, 0.29) is 18.7 Å². The average Bonchev–Trinajstić information content (AvgIpc) is 1.86. The molecule has 0 rings (SSSR count). The number of ether oxygens (including phenoxy) is 1. The van der Waals surface area contributed by atoms with Crippen molar-refractivity contribution in [2.24, 2.45) is 0 Å². The topological polar surface area (TPSA) is 46.5 Å². The summed E-state index contributed by atoms with van der Waals surface area (Å²) in [6.45, 7) is 3.25. The molecule has 0 amide bonds. The minimum Gasteiger partial charge on any atom is -0.460 e. The fourth-order valence-corrected chi connectivity index (χ4v) is 0.744. The second-order valence-corrected chi connectivity index (χ2v) is 2.20. The largest absolute Gasteiger partial charge is 0.460 e. The van der Waals surface area contributed by atoms with Crippen LogP contribution in [-0.4, -0.2) is 23.8 Å². The maximum atomic E-state index is 10.4. The van der Waals surface area contributed by atoms with E-state index in [2.05, 4.69) is 0 Å². The molecule has 0 heterocycles. The quantitative estimate of drug-likeness (QED) is 0.594. The van der Waals surface area contributed by atoms with Crippen LogP contribution in [0.2, 0.25) is 0 Å². The lowest BCUT2D eigenvalue weighted by atomic mass is 10.2. The molecule has 0 aromatic carbocycles. The smallest absolute Gasteiger partial charge is 0.302 e. The van der Waals surface area contributed by atoms with Crippen molar-refractivity contribution in [3.63, 3.8) is 0 Å². The summed E-state index contributed by atoms with van der Waals surface area (Å²) in [5.41, 5.74) is 0. The van der Waals surface area contributed by atoms with E-state index in [0.29, 0.717) is 0 Å². The van der Waals surface area contributed by atoms with Crippen LogP contribution >= 0.6 is 0 Å². The van der Waals surface area contributed by atoms with Gasteiger partial charge in [-0.25, -0.2) is 0 Å². The molecule has 0 aromatic rings. The van der Waals surface area contributed by atoms with Crippen LogP contribution in [0.15, 0.2) is 0 Å². The minimum absolute atomic E-state index is 0.0760. The second kappa shape index (κ2) is 5.23. The van der Waals surface area contributed by atoms with E-state index in [1.54, 1.807) is 0 Å². The maximum absolute atomic E-state index is 10.4. The zero-order valence-corrected chi connectivity index (χ0v) is 6.46. The highest BCUT2D eigenvalue weighted by Crippen LogP contribution is 2.00. The van der Waals surface area contributed by atoms with Crippen LogP contribution in [0.25, 0.3) is 0 Å². The van der Waals surface area contributed by atoms with Gasteiger partial charge in [0.1, 0.15) is 6.10 Å². The predicted octanol–water partition coefficient (Wildman–Crippen LogP) is 0.710. The van der Waals surface area contributed by atoms with Crippen LogP contribution in [-0.2, 0) is 9.53 Å². The number of rotatable bonds is 4. The lowest BCUT2D eigenvalue weighted by Gasteiger charge is -2.12. The molecule has 0 aromatic heterocycles. The molecule has 0 radical (unpaired) electrons. The Morgan fingerprint density at radius 2 is 2.30 bits per heavy atom. The third kappa shape index (κ3) is 4.32. The van der Waals surface area contributed by atoms with Gasteiger partial charge in [0.2, 0.25) is 0 Å². The van der Waals surface area contributed by atoms with Gasteiger partial charge < -0.3 is 9.84 Å². The molecule has 3 nitrogen and oxygen atoms in total. The third-order valence-electron chi connectivity index (χ3n) is 1.15. The summed E-state index contributed by atoms with van der Waals surface area (Å²) < 4.78 is 4.75.